The van der Waals surface area contributed by atoms with Gasteiger partial charge in [0, 0.05) is 5.57 Å². The van der Waals surface area contributed by atoms with Crippen molar-refractivity contribution in [3.05, 3.63) is 23.3 Å². The fraction of sp³-hybridized carbons (Fsp3) is 0.545. The van der Waals surface area contributed by atoms with Crippen LogP contribution < -0.4 is 0 Å². The van der Waals surface area contributed by atoms with Gasteiger partial charge in [-0.2, -0.15) is 0 Å². The topological polar surface area (TPSA) is 37.3 Å². The third kappa shape index (κ3) is 7.32. The van der Waals surface area contributed by atoms with Crippen molar-refractivity contribution in [3.8, 4) is 0 Å². The van der Waals surface area contributed by atoms with Gasteiger partial charge in [-0.1, -0.05) is 17.7 Å². The highest BCUT2D eigenvalue weighted by Gasteiger charge is 1.96. The third-order valence-corrected chi connectivity index (χ3v) is 1.75. The molecule has 0 aliphatic heterocycles. The van der Waals surface area contributed by atoms with Crippen LogP contribution in [0.3, 0.4) is 0 Å². The van der Waals surface area contributed by atoms with Gasteiger partial charge in [0.2, 0.25) is 0 Å². The van der Waals surface area contributed by atoms with E-state index in [1.165, 1.54) is 5.57 Å². The highest BCUT2D eigenvalue weighted by Crippen LogP contribution is 2.03. The number of aliphatic carboxylic acids is 1. The fourth-order valence-electron chi connectivity index (χ4n) is 0.914. The Bertz CT molecular complexity index is 220. The van der Waals surface area contributed by atoms with E-state index in [2.05, 4.69) is 19.9 Å². The van der Waals surface area contributed by atoms with E-state index in [0.29, 0.717) is 5.57 Å². The molecule has 2 heteroatoms. The number of unbranched alkanes of at least 4 members (excludes halogenated alkanes) is 2. The first-order valence-electron chi connectivity index (χ1n) is 4.57. The van der Waals surface area contributed by atoms with Crippen molar-refractivity contribution >= 4 is 5.97 Å². The summed E-state index contributed by atoms with van der Waals surface area (Å²) in [7, 11) is 0. The van der Waals surface area contributed by atoms with Gasteiger partial charge in [-0.15, -0.1) is 0 Å². The van der Waals surface area contributed by atoms with Crippen molar-refractivity contribution in [1.82, 2.24) is 0 Å². The first-order valence-corrected chi connectivity index (χ1v) is 4.57. The lowest BCUT2D eigenvalue weighted by molar-refractivity contribution is -0.132. The normalized spacial score (nSPS) is 11.2. The van der Waals surface area contributed by atoms with Crippen LogP contribution in [0.5, 0.6) is 0 Å². The Balaban J connectivity index is 3.62. The van der Waals surface area contributed by atoms with E-state index in [1.54, 1.807) is 13.0 Å². The maximum atomic E-state index is 10.4. The van der Waals surface area contributed by atoms with Crippen LogP contribution in [0.1, 0.15) is 40.0 Å². The van der Waals surface area contributed by atoms with Crippen molar-refractivity contribution in [2.75, 3.05) is 0 Å². The maximum Gasteiger partial charge on any atom is 0.330 e. The molecule has 0 spiro atoms. The summed E-state index contributed by atoms with van der Waals surface area (Å²) in [5.41, 5.74) is 1.76. The van der Waals surface area contributed by atoms with E-state index in [4.69, 9.17) is 5.11 Å². The predicted molar refractivity (Wildman–Crippen MR) is 54.7 cm³/mol. The van der Waals surface area contributed by atoms with E-state index < -0.39 is 5.97 Å². The van der Waals surface area contributed by atoms with Crippen LogP contribution in [-0.2, 0) is 4.79 Å². The van der Waals surface area contributed by atoms with E-state index in [-0.39, 0.29) is 0 Å². The molecule has 0 aromatic carbocycles. The lowest BCUT2D eigenvalue weighted by atomic mass is 10.1. The van der Waals surface area contributed by atoms with Crippen molar-refractivity contribution in [3.63, 3.8) is 0 Å². The minimum atomic E-state index is -0.817. The smallest absolute Gasteiger partial charge is 0.330 e. The molecule has 0 rings (SSSR count). The average molecular weight is 182 g/mol. The van der Waals surface area contributed by atoms with E-state index in [1.807, 2.05) is 0 Å². The van der Waals surface area contributed by atoms with Gasteiger partial charge in [-0.3, -0.25) is 0 Å². The van der Waals surface area contributed by atoms with Crippen molar-refractivity contribution < 1.29 is 9.90 Å². The zero-order valence-corrected chi connectivity index (χ0v) is 8.63. The average Bonchev–Trinajstić information content (AvgIpc) is 2.02. The van der Waals surface area contributed by atoms with Crippen LogP contribution in [0.15, 0.2) is 23.3 Å². The summed E-state index contributed by atoms with van der Waals surface area (Å²) in [6.07, 6.45) is 6.86. The van der Waals surface area contributed by atoms with Crippen molar-refractivity contribution in [2.45, 2.75) is 40.0 Å². The molecule has 0 bridgehead atoms. The molecule has 0 saturated carbocycles. The van der Waals surface area contributed by atoms with Gasteiger partial charge in [0.1, 0.15) is 0 Å². The highest BCUT2D eigenvalue weighted by atomic mass is 16.4. The number of rotatable bonds is 5. The predicted octanol–water partition coefficient (Wildman–Crippen LogP) is 3.15. The Labute approximate surface area is 80.0 Å². The minimum absolute atomic E-state index is 0.442. The molecule has 0 aromatic rings. The molecule has 0 aliphatic carbocycles. The van der Waals surface area contributed by atoms with Crippen LogP contribution in [0.4, 0.5) is 0 Å². The summed E-state index contributed by atoms with van der Waals surface area (Å²) >= 11 is 0. The molecule has 74 valence electrons. The van der Waals surface area contributed by atoms with Gasteiger partial charge in [-0.05, 0) is 40.0 Å². The summed E-state index contributed by atoms with van der Waals surface area (Å²) in [6, 6.07) is 0. The molecular weight excluding hydrogens is 164 g/mol. The van der Waals surface area contributed by atoms with Crippen LogP contribution in [0, 0.1) is 0 Å². The Kier molecular flexibility index (Phi) is 5.94. The summed E-state index contributed by atoms with van der Waals surface area (Å²) in [5.74, 6) is -0.817. The van der Waals surface area contributed by atoms with Gasteiger partial charge in [-0.25, -0.2) is 4.79 Å². The second-order valence-corrected chi connectivity index (χ2v) is 3.40. The van der Waals surface area contributed by atoms with Crippen molar-refractivity contribution in [2.24, 2.45) is 0 Å². The van der Waals surface area contributed by atoms with Gasteiger partial charge in [0.25, 0.3) is 0 Å². The molecule has 0 fully saturated rings. The number of hydrogen-bond acceptors (Lipinski definition) is 1. The zero-order valence-electron chi connectivity index (χ0n) is 8.63. The maximum absolute atomic E-state index is 10.4. The molecule has 0 amide bonds. The number of carbonyl (C=O) groups is 1. The molecule has 0 unspecified atom stereocenters. The van der Waals surface area contributed by atoms with Gasteiger partial charge in [0.05, 0.1) is 0 Å². The Morgan fingerprint density at radius 3 is 2.15 bits per heavy atom. The molecule has 1 N–H and O–H groups in total. The lowest BCUT2D eigenvalue weighted by Gasteiger charge is -1.94. The second-order valence-electron chi connectivity index (χ2n) is 3.40. The van der Waals surface area contributed by atoms with Crippen LogP contribution in [0.2, 0.25) is 0 Å². The van der Waals surface area contributed by atoms with Gasteiger partial charge >= 0.3 is 5.97 Å². The molecule has 0 radical (unpaired) electrons. The highest BCUT2D eigenvalue weighted by molar-refractivity contribution is 5.85. The molecule has 13 heavy (non-hydrogen) atoms. The van der Waals surface area contributed by atoms with Crippen LogP contribution in [-0.4, -0.2) is 11.1 Å². The monoisotopic (exact) mass is 182 g/mol. The molecular formula is C11H18O2. The SMILES string of the molecule is CC(C)=CCCCC=C(C)C(=O)O. The summed E-state index contributed by atoms with van der Waals surface area (Å²) in [4.78, 5) is 10.4. The number of allylic oxidation sites excluding steroid dienone is 3. The summed E-state index contributed by atoms with van der Waals surface area (Å²) in [5, 5.41) is 8.55. The van der Waals surface area contributed by atoms with E-state index >= 15 is 0 Å². The summed E-state index contributed by atoms with van der Waals surface area (Å²) in [6.45, 7) is 5.76. The molecule has 2 nitrogen and oxygen atoms in total. The minimum Gasteiger partial charge on any atom is -0.478 e. The first kappa shape index (κ1) is 11.9. The Morgan fingerprint density at radius 1 is 1.15 bits per heavy atom. The van der Waals surface area contributed by atoms with Crippen LogP contribution >= 0.6 is 0 Å². The lowest BCUT2D eigenvalue weighted by Crippen LogP contribution is -1.95. The van der Waals surface area contributed by atoms with Crippen molar-refractivity contribution in [1.29, 1.82) is 0 Å². The fourth-order valence-corrected chi connectivity index (χ4v) is 0.914. The number of carboxylic acid groups (broad SMARTS) is 1. The first-order chi connectivity index (χ1) is 6.04. The third-order valence-electron chi connectivity index (χ3n) is 1.75. The zero-order chi connectivity index (χ0) is 10.3. The Hall–Kier alpha value is -1.05. The standard InChI is InChI=1S/C11H18O2/c1-9(2)7-5-4-6-8-10(3)11(12)13/h7-8H,4-6H2,1-3H3,(H,12,13). The van der Waals surface area contributed by atoms with Gasteiger partial charge < -0.3 is 5.11 Å². The molecule has 0 saturated heterocycles. The quantitative estimate of drug-likeness (QED) is 0.403. The Morgan fingerprint density at radius 2 is 1.69 bits per heavy atom. The summed E-state index contributed by atoms with van der Waals surface area (Å²) < 4.78 is 0. The molecule has 0 atom stereocenters. The van der Waals surface area contributed by atoms with Crippen LogP contribution in [0.25, 0.3) is 0 Å². The second kappa shape index (κ2) is 6.46. The van der Waals surface area contributed by atoms with Gasteiger partial charge in [0.15, 0.2) is 0 Å². The number of carboxylic acids is 1. The number of hydrogen-bond donors (Lipinski definition) is 1. The molecule has 0 aromatic heterocycles. The largest absolute Gasteiger partial charge is 0.478 e. The van der Waals surface area contributed by atoms with E-state index in [9.17, 15) is 4.79 Å². The van der Waals surface area contributed by atoms with E-state index in [0.717, 1.165) is 19.3 Å². The molecule has 0 aliphatic rings. The molecule has 0 heterocycles.